The first kappa shape index (κ1) is 15.0. The van der Waals surface area contributed by atoms with Crippen molar-refractivity contribution in [1.82, 2.24) is 0 Å². The Labute approximate surface area is 117 Å². The number of benzene rings is 2. The normalized spacial score (nSPS) is 11.3. The van der Waals surface area contributed by atoms with Crippen molar-refractivity contribution in [3.8, 4) is 17.2 Å². The number of methoxy groups -OCH3 is 1. The van der Waals surface area contributed by atoms with Gasteiger partial charge in [0.25, 0.3) is 0 Å². The Morgan fingerprint density at radius 1 is 1.00 bits per heavy atom. The van der Waals surface area contributed by atoms with Crippen LogP contribution in [0.15, 0.2) is 36.4 Å². The van der Waals surface area contributed by atoms with Crippen molar-refractivity contribution in [2.75, 3.05) is 12.8 Å². The summed E-state index contributed by atoms with van der Waals surface area (Å²) in [6, 6.07) is 6.82. The zero-order valence-electron chi connectivity index (χ0n) is 10.9. The molecule has 7 heteroatoms. The molecular weight excluding hydrogens is 290 g/mol. The summed E-state index contributed by atoms with van der Waals surface area (Å²) in [5.74, 6) is -0.899. The summed E-state index contributed by atoms with van der Waals surface area (Å²) in [5, 5.41) is 0. The first-order valence-corrected chi connectivity index (χ1v) is 5.79. The van der Waals surface area contributed by atoms with Gasteiger partial charge in [-0.3, -0.25) is 0 Å². The Morgan fingerprint density at radius 2 is 1.67 bits per heavy atom. The van der Waals surface area contributed by atoms with Crippen molar-refractivity contribution < 1.29 is 27.0 Å². The molecule has 0 saturated heterocycles. The van der Waals surface area contributed by atoms with Gasteiger partial charge in [-0.1, -0.05) is 0 Å². The molecule has 0 radical (unpaired) electrons. The maximum absolute atomic E-state index is 13.2. The molecule has 0 fully saturated rings. The van der Waals surface area contributed by atoms with Gasteiger partial charge in [0.1, 0.15) is 17.3 Å². The van der Waals surface area contributed by atoms with Crippen LogP contribution in [0.3, 0.4) is 0 Å². The minimum atomic E-state index is -4.80. The van der Waals surface area contributed by atoms with Gasteiger partial charge < -0.3 is 15.2 Å². The van der Waals surface area contributed by atoms with E-state index in [1.54, 1.807) is 6.07 Å². The molecule has 0 atom stereocenters. The third kappa shape index (κ3) is 3.36. The second kappa shape index (κ2) is 5.51. The molecule has 2 aromatic carbocycles. The second-order valence-electron chi connectivity index (χ2n) is 4.15. The smallest absolute Gasteiger partial charge is 0.419 e. The predicted octanol–water partition coefficient (Wildman–Crippen LogP) is 4.23. The Balaban J connectivity index is 2.32. The van der Waals surface area contributed by atoms with Crippen LogP contribution in [-0.2, 0) is 6.18 Å². The monoisotopic (exact) mass is 301 g/mol. The van der Waals surface area contributed by atoms with E-state index in [2.05, 4.69) is 0 Å². The maximum atomic E-state index is 13.2. The molecule has 0 amide bonds. The second-order valence-corrected chi connectivity index (χ2v) is 4.15. The van der Waals surface area contributed by atoms with Gasteiger partial charge in [-0.2, -0.15) is 13.2 Å². The quantitative estimate of drug-likeness (QED) is 0.681. The number of ether oxygens (including phenoxy) is 2. The third-order valence-electron chi connectivity index (χ3n) is 2.69. The number of hydrogen-bond donors (Lipinski definition) is 1. The molecule has 0 aliphatic carbocycles. The van der Waals surface area contributed by atoms with Gasteiger partial charge in [0.05, 0.1) is 18.4 Å². The van der Waals surface area contributed by atoms with E-state index in [9.17, 15) is 17.6 Å². The minimum Gasteiger partial charge on any atom is -0.497 e. The number of rotatable bonds is 3. The van der Waals surface area contributed by atoms with Crippen LogP contribution < -0.4 is 15.2 Å². The highest BCUT2D eigenvalue weighted by molar-refractivity contribution is 5.57. The standard InChI is InChI=1S/C14H11F4NO2/c1-20-8-3-5-13(12(19)7-8)21-9-2-4-11(15)10(6-9)14(16,17)18/h2-7H,19H2,1H3. The summed E-state index contributed by atoms with van der Waals surface area (Å²) < 4.78 is 61.2. The number of hydrogen-bond acceptors (Lipinski definition) is 3. The van der Waals surface area contributed by atoms with Crippen molar-refractivity contribution in [3.05, 3.63) is 47.8 Å². The van der Waals surface area contributed by atoms with Crippen LogP contribution in [0.4, 0.5) is 23.2 Å². The lowest BCUT2D eigenvalue weighted by molar-refractivity contribution is -0.140. The minimum absolute atomic E-state index is 0.149. The van der Waals surface area contributed by atoms with Crippen LogP contribution in [0.5, 0.6) is 17.2 Å². The van der Waals surface area contributed by atoms with E-state index < -0.39 is 17.6 Å². The first-order valence-electron chi connectivity index (χ1n) is 5.79. The van der Waals surface area contributed by atoms with Crippen LogP contribution >= 0.6 is 0 Å². The summed E-state index contributed by atoms with van der Waals surface area (Å²) in [5.41, 5.74) is 4.49. The molecule has 0 aliphatic rings. The van der Waals surface area contributed by atoms with Crippen LogP contribution in [0.2, 0.25) is 0 Å². The first-order chi connectivity index (χ1) is 9.81. The van der Waals surface area contributed by atoms with Crippen LogP contribution in [0, 0.1) is 5.82 Å². The molecule has 2 aromatic rings. The van der Waals surface area contributed by atoms with Gasteiger partial charge in [0.15, 0.2) is 5.75 Å². The fraction of sp³-hybridized carbons (Fsp3) is 0.143. The number of anilines is 1. The molecule has 0 heterocycles. The molecule has 21 heavy (non-hydrogen) atoms. The number of nitrogen functional groups attached to an aromatic ring is 1. The molecule has 0 spiro atoms. The van der Waals surface area contributed by atoms with E-state index in [-0.39, 0.29) is 17.2 Å². The Morgan fingerprint density at radius 3 is 2.24 bits per heavy atom. The van der Waals surface area contributed by atoms with Crippen LogP contribution in [0.25, 0.3) is 0 Å². The van der Waals surface area contributed by atoms with E-state index >= 15 is 0 Å². The van der Waals surface area contributed by atoms with Crippen LogP contribution in [0.1, 0.15) is 5.56 Å². The van der Waals surface area contributed by atoms with Gasteiger partial charge in [0.2, 0.25) is 0 Å². The SMILES string of the molecule is COc1ccc(Oc2ccc(F)c(C(F)(F)F)c2)c(N)c1. The number of halogens is 4. The van der Waals surface area contributed by atoms with Crippen molar-refractivity contribution >= 4 is 5.69 Å². The molecular formula is C14H11F4NO2. The highest BCUT2D eigenvalue weighted by Crippen LogP contribution is 2.36. The Hall–Kier alpha value is -2.44. The molecule has 2 rings (SSSR count). The van der Waals surface area contributed by atoms with Gasteiger partial charge >= 0.3 is 6.18 Å². The largest absolute Gasteiger partial charge is 0.497 e. The van der Waals surface area contributed by atoms with Gasteiger partial charge in [-0.15, -0.1) is 0 Å². The fourth-order valence-electron chi connectivity index (χ4n) is 1.66. The summed E-state index contributed by atoms with van der Waals surface area (Å²) in [7, 11) is 1.45. The zero-order valence-corrected chi connectivity index (χ0v) is 10.9. The lowest BCUT2D eigenvalue weighted by Crippen LogP contribution is -2.08. The number of nitrogens with two attached hydrogens (primary N) is 1. The highest BCUT2D eigenvalue weighted by Gasteiger charge is 2.34. The Kier molecular flexibility index (Phi) is 3.93. The summed E-state index contributed by atoms with van der Waals surface area (Å²) in [6.07, 6.45) is -4.80. The molecule has 0 saturated carbocycles. The average molecular weight is 301 g/mol. The van der Waals surface area contributed by atoms with Gasteiger partial charge in [-0.05, 0) is 30.3 Å². The summed E-state index contributed by atoms with van der Waals surface area (Å²) in [6.45, 7) is 0. The topological polar surface area (TPSA) is 44.5 Å². The molecule has 0 unspecified atom stereocenters. The van der Waals surface area contributed by atoms with Crippen molar-refractivity contribution in [2.24, 2.45) is 0 Å². The summed E-state index contributed by atoms with van der Waals surface area (Å²) in [4.78, 5) is 0. The molecule has 112 valence electrons. The van der Waals surface area contributed by atoms with Crippen molar-refractivity contribution in [3.63, 3.8) is 0 Å². The fourth-order valence-corrected chi connectivity index (χ4v) is 1.66. The van der Waals surface area contributed by atoms with Crippen LogP contribution in [-0.4, -0.2) is 7.11 Å². The van der Waals surface area contributed by atoms with E-state index in [0.717, 1.165) is 6.07 Å². The van der Waals surface area contributed by atoms with Crippen molar-refractivity contribution in [2.45, 2.75) is 6.18 Å². The van der Waals surface area contributed by atoms with E-state index in [0.29, 0.717) is 17.9 Å². The molecule has 2 N–H and O–H groups in total. The molecule has 0 bridgehead atoms. The van der Waals surface area contributed by atoms with E-state index in [1.807, 2.05) is 0 Å². The lowest BCUT2D eigenvalue weighted by atomic mass is 10.2. The van der Waals surface area contributed by atoms with E-state index in [4.69, 9.17) is 15.2 Å². The third-order valence-corrected chi connectivity index (χ3v) is 2.69. The predicted molar refractivity (Wildman–Crippen MR) is 68.9 cm³/mol. The maximum Gasteiger partial charge on any atom is 0.419 e. The van der Waals surface area contributed by atoms with Crippen molar-refractivity contribution in [1.29, 1.82) is 0 Å². The Bertz CT molecular complexity index is 656. The molecule has 3 nitrogen and oxygen atoms in total. The zero-order chi connectivity index (χ0) is 15.6. The lowest BCUT2D eigenvalue weighted by Gasteiger charge is -2.12. The summed E-state index contributed by atoms with van der Waals surface area (Å²) >= 11 is 0. The highest BCUT2D eigenvalue weighted by atomic mass is 19.4. The molecule has 0 aliphatic heterocycles. The molecule has 0 aromatic heterocycles. The van der Waals surface area contributed by atoms with Gasteiger partial charge in [-0.25, -0.2) is 4.39 Å². The average Bonchev–Trinajstić information content (AvgIpc) is 2.41. The number of alkyl halides is 3. The van der Waals surface area contributed by atoms with E-state index in [1.165, 1.54) is 19.2 Å². The van der Waals surface area contributed by atoms with Gasteiger partial charge in [0, 0.05) is 6.07 Å².